The maximum atomic E-state index is 5.92. The number of aliphatic imine (C=N–C) groups is 1. The molecule has 5 nitrogen and oxygen atoms in total. The van der Waals surface area contributed by atoms with Gasteiger partial charge in [-0.15, -0.1) is 0 Å². The number of hydrogen-bond donors (Lipinski definition) is 2. The van der Waals surface area contributed by atoms with Gasteiger partial charge in [0.05, 0.1) is 18.8 Å². The number of guanidine groups is 1. The molecule has 2 saturated heterocycles. The average Bonchev–Trinajstić information content (AvgIpc) is 3.02. The molecule has 2 rings (SSSR count). The molecule has 2 aliphatic heterocycles. The van der Waals surface area contributed by atoms with Crippen molar-refractivity contribution in [3.63, 3.8) is 0 Å². The second-order valence-corrected chi connectivity index (χ2v) is 5.68. The molecule has 3 atom stereocenters. The molecule has 0 spiro atoms. The number of hydrogen-bond acceptors (Lipinski definition) is 3. The SMILES string of the molecule is CCN1CCCC1CN=C(N)NCC1CCC(C)O1. The van der Waals surface area contributed by atoms with Crippen molar-refractivity contribution >= 4 is 5.96 Å². The summed E-state index contributed by atoms with van der Waals surface area (Å²) in [6.45, 7) is 8.24. The molecule has 0 bridgehead atoms. The lowest BCUT2D eigenvalue weighted by molar-refractivity contribution is 0.0586. The van der Waals surface area contributed by atoms with Crippen LogP contribution in [0.3, 0.4) is 0 Å². The van der Waals surface area contributed by atoms with E-state index >= 15 is 0 Å². The third-order valence-corrected chi connectivity index (χ3v) is 4.21. The van der Waals surface area contributed by atoms with E-state index in [1.54, 1.807) is 0 Å². The third kappa shape index (κ3) is 4.35. The van der Waals surface area contributed by atoms with Crippen molar-refractivity contribution in [3.8, 4) is 0 Å². The first-order chi connectivity index (χ1) is 9.19. The summed E-state index contributed by atoms with van der Waals surface area (Å²) in [5.74, 6) is 0.561. The van der Waals surface area contributed by atoms with Crippen molar-refractivity contribution in [1.29, 1.82) is 0 Å². The molecule has 2 aliphatic rings. The summed E-state index contributed by atoms with van der Waals surface area (Å²) >= 11 is 0. The molecule has 0 aliphatic carbocycles. The van der Waals surface area contributed by atoms with E-state index in [1.165, 1.54) is 19.4 Å². The summed E-state index contributed by atoms with van der Waals surface area (Å²) < 4.78 is 5.74. The van der Waals surface area contributed by atoms with Gasteiger partial charge in [0.1, 0.15) is 0 Å². The molecule has 3 unspecified atom stereocenters. The first kappa shape index (κ1) is 14.6. The fourth-order valence-corrected chi connectivity index (χ4v) is 3.03. The van der Waals surface area contributed by atoms with Crippen LogP contribution in [0.5, 0.6) is 0 Å². The lowest BCUT2D eigenvalue weighted by Gasteiger charge is -2.21. The summed E-state index contributed by atoms with van der Waals surface area (Å²) in [6, 6.07) is 0.577. The zero-order valence-corrected chi connectivity index (χ0v) is 12.3. The first-order valence-corrected chi connectivity index (χ1v) is 7.62. The predicted molar refractivity (Wildman–Crippen MR) is 78.3 cm³/mol. The minimum Gasteiger partial charge on any atom is -0.373 e. The average molecular weight is 268 g/mol. The lowest BCUT2D eigenvalue weighted by Crippen LogP contribution is -2.39. The van der Waals surface area contributed by atoms with E-state index in [1.807, 2.05) is 0 Å². The van der Waals surface area contributed by atoms with Crippen LogP contribution in [0.4, 0.5) is 0 Å². The number of rotatable bonds is 5. The van der Waals surface area contributed by atoms with Gasteiger partial charge < -0.3 is 15.8 Å². The Balaban J connectivity index is 1.67. The Hall–Kier alpha value is -0.810. The second-order valence-electron chi connectivity index (χ2n) is 5.68. The molecule has 110 valence electrons. The van der Waals surface area contributed by atoms with E-state index in [4.69, 9.17) is 10.5 Å². The molecule has 0 saturated carbocycles. The Labute approximate surface area is 116 Å². The Bertz CT molecular complexity index is 308. The summed E-state index contributed by atoms with van der Waals surface area (Å²) in [5.41, 5.74) is 5.92. The lowest BCUT2D eigenvalue weighted by atomic mass is 10.2. The molecule has 5 heteroatoms. The molecular formula is C14H28N4O. The molecule has 0 amide bonds. The van der Waals surface area contributed by atoms with Crippen LogP contribution in [0.25, 0.3) is 0 Å². The van der Waals surface area contributed by atoms with Gasteiger partial charge in [0.2, 0.25) is 0 Å². The highest BCUT2D eigenvalue weighted by Crippen LogP contribution is 2.18. The fraction of sp³-hybridized carbons (Fsp3) is 0.929. The summed E-state index contributed by atoms with van der Waals surface area (Å²) in [5, 5.41) is 3.19. The van der Waals surface area contributed by atoms with Crippen molar-refractivity contribution < 1.29 is 4.74 Å². The van der Waals surface area contributed by atoms with Crippen molar-refractivity contribution in [1.82, 2.24) is 10.2 Å². The first-order valence-electron chi connectivity index (χ1n) is 7.62. The van der Waals surface area contributed by atoms with E-state index in [9.17, 15) is 0 Å². The highest BCUT2D eigenvalue weighted by atomic mass is 16.5. The van der Waals surface area contributed by atoms with E-state index in [2.05, 4.69) is 29.1 Å². The number of nitrogens with zero attached hydrogens (tertiary/aromatic N) is 2. The largest absolute Gasteiger partial charge is 0.373 e. The highest BCUT2D eigenvalue weighted by molar-refractivity contribution is 5.77. The van der Waals surface area contributed by atoms with Crippen LogP contribution in [0.2, 0.25) is 0 Å². The molecule has 19 heavy (non-hydrogen) atoms. The predicted octanol–water partition coefficient (Wildman–Crippen LogP) is 0.943. The van der Waals surface area contributed by atoms with Crippen LogP contribution in [0.1, 0.15) is 39.5 Å². The topological polar surface area (TPSA) is 62.9 Å². The quantitative estimate of drug-likeness (QED) is 0.575. The van der Waals surface area contributed by atoms with E-state index in [0.717, 1.165) is 32.5 Å². The molecule has 0 aromatic carbocycles. The van der Waals surface area contributed by atoms with E-state index < -0.39 is 0 Å². The van der Waals surface area contributed by atoms with Crippen LogP contribution in [-0.4, -0.2) is 55.3 Å². The number of likely N-dealkylation sites (tertiary alicyclic amines) is 1. The Morgan fingerprint density at radius 3 is 2.95 bits per heavy atom. The zero-order chi connectivity index (χ0) is 13.7. The molecular weight excluding hydrogens is 240 g/mol. The normalized spacial score (nSPS) is 32.9. The van der Waals surface area contributed by atoms with Crippen molar-refractivity contribution in [3.05, 3.63) is 0 Å². The Morgan fingerprint density at radius 1 is 1.42 bits per heavy atom. The van der Waals surface area contributed by atoms with Gasteiger partial charge in [-0.1, -0.05) is 6.92 Å². The fourth-order valence-electron chi connectivity index (χ4n) is 3.03. The summed E-state index contributed by atoms with van der Waals surface area (Å²) in [6.07, 6.45) is 5.48. The number of nitrogens with one attached hydrogen (secondary N) is 1. The van der Waals surface area contributed by atoms with Gasteiger partial charge in [0, 0.05) is 12.6 Å². The smallest absolute Gasteiger partial charge is 0.188 e. The van der Waals surface area contributed by atoms with Crippen LogP contribution < -0.4 is 11.1 Å². The van der Waals surface area contributed by atoms with Gasteiger partial charge in [-0.05, 0) is 45.7 Å². The van der Waals surface area contributed by atoms with Crippen LogP contribution in [-0.2, 0) is 4.74 Å². The zero-order valence-electron chi connectivity index (χ0n) is 12.3. The van der Waals surface area contributed by atoms with Gasteiger partial charge >= 0.3 is 0 Å². The van der Waals surface area contributed by atoms with Crippen LogP contribution >= 0.6 is 0 Å². The van der Waals surface area contributed by atoms with Crippen LogP contribution in [0, 0.1) is 0 Å². The Kier molecular flexibility index (Phi) is 5.45. The molecule has 2 fully saturated rings. The van der Waals surface area contributed by atoms with Gasteiger partial charge in [-0.2, -0.15) is 0 Å². The number of nitrogens with two attached hydrogens (primary N) is 1. The highest BCUT2D eigenvalue weighted by Gasteiger charge is 2.23. The molecule has 3 N–H and O–H groups in total. The molecule has 0 aromatic rings. The monoisotopic (exact) mass is 268 g/mol. The van der Waals surface area contributed by atoms with Crippen LogP contribution in [0.15, 0.2) is 4.99 Å². The van der Waals surface area contributed by atoms with Gasteiger partial charge in [0.15, 0.2) is 5.96 Å². The number of ether oxygens (including phenoxy) is 1. The van der Waals surface area contributed by atoms with E-state index in [0.29, 0.717) is 24.2 Å². The maximum Gasteiger partial charge on any atom is 0.188 e. The second kappa shape index (κ2) is 7.10. The van der Waals surface area contributed by atoms with E-state index in [-0.39, 0.29) is 0 Å². The third-order valence-electron chi connectivity index (χ3n) is 4.21. The number of likely N-dealkylation sites (N-methyl/N-ethyl adjacent to an activating group) is 1. The van der Waals surface area contributed by atoms with Gasteiger partial charge in [-0.3, -0.25) is 9.89 Å². The Morgan fingerprint density at radius 2 is 2.26 bits per heavy atom. The van der Waals surface area contributed by atoms with Gasteiger partial charge in [0.25, 0.3) is 0 Å². The maximum absolute atomic E-state index is 5.92. The van der Waals surface area contributed by atoms with Gasteiger partial charge in [-0.25, -0.2) is 0 Å². The summed E-state index contributed by atoms with van der Waals surface area (Å²) in [7, 11) is 0. The minimum atomic E-state index is 0.294. The molecule has 2 heterocycles. The standard InChI is InChI=1S/C14H28N4O/c1-3-18-8-4-5-12(18)9-16-14(15)17-10-13-7-6-11(2)19-13/h11-13H,3-10H2,1-2H3,(H3,15,16,17). The van der Waals surface area contributed by atoms with Crippen molar-refractivity contribution in [2.24, 2.45) is 10.7 Å². The minimum absolute atomic E-state index is 0.294. The van der Waals surface area contributed by atoms with Crippen molar-refractivity contribution in [2.45, 2.75) is 57.8 Å². The molecule has 0 radical (unpaired) electrons. The summed E-state index contributed by atoms with van der Waals surface area (Å²) in [4.78, 5) is 6.96. The molecule has 0 aromatic heterocycles. The van der Waals surface area contributed by atoms with Crippen molar-refractivity contribution in [2.75, 3.05) is 26.2 Å².